The first-order valence-corrected chi connectivity index (χ1v) is 12.9. The van der Waals surface area contributed by atoms with Crippen LogP contribution in [0, 0.1) is 6.92 Å². The lowest BCUT2D eigenvalue weighted by Gasteiger charge is -2.20. The summed E-state index contributed by atoms with van der Waals surface area (Å²) in [6, 6.07) is 22.5. The number of halogens is 1. The minimum Gasteiger partial charge on any atom is -0.356 e. The Bertz CT molecular complexity index is 1360. The minimum atomic E-state index is -0.369. The van der Waals surface area contributed by atoms with Gasteiger partial charge in [-0.25, -0.2) is 0 Å². The zero-order valence-electron chi connectivity index (χ0n) is 21.0. The van der Waals surface area contributed by atoms with Gasteiger partial charge in [0.15, 0.2) is 0 Å². The maximum atomic E-state index is 13.3. The van der Waals surface area contributed by atoms with Gasteiger partial charge in [-0.3, -0.25) is 9.59 Å². The second-order valence-corrected chi connectivity index (χ2v) is 9.24. The average Bonchev–Trinajstić information content (AvgIpc) is 3.58. The molecule has 0 bridgehead atoms. The third-order valence-electron chi connectivity index (χ3n) is 6.44. The number of amides is 2. The van der Waals surface area contributed by atoms with E-state index in [0.717, 1.165) is 53.7 Å². The lowest BCUT2D eigenvalue weighted by molar-refractivity contribution is 0.0791. The van der Waals surface area contributed by atoms with Crippen LogP contribution in [0.15, 0.2) is 72.8 Å². The highest BCUT2D eigenvalue weighted by atomic mass is 35.5. The first kappa shape index (κ1) is 25.5. The van der Waals surface area contributed by atoms with Crippen molar-refractivity contribution in [2.75, 3.05) is 13.1 Å². The molecule has 0 aliphatic carbocycles. The molecule has 6 heteroatoms. The summed E-state index contributed by atoms with van der Waals surface area (Å²) in [6.45, 7) is 7.49. The molecule has 0 spiro atoms. The van der Waals surface area contributed by atoms with Crippen molar-refractivity contribution >= 4 is 34.3 Å². The Labute approximate surface area is 217 Å². The van der Waals surface area contributed by atoms with Gasteiger partial charge in [-0.2, -0.15) is 0 Å². The van der Waals surface area contributed by atoms with Gasteiger partial charge in [0.25, 0.3) is 11.8 Å². The highest BCUT2D eigenvalue weighted by Gasteiger charge is 2.23. The van der Waals surface area contributed by atoms with Crippen LogP contribution in [-0.4, -0.2) is 34.8 Å². The molecule has 1 aliphatic rings. The molecule has 1 aliphatic heterocycles. The number of rotatable bonds is 5. The number of carbonyl (C=O) groups is 2. The van der Waals surface area contributed by atoms with E-state index < -0.39 is 0 Å². The Morgan fingerprint density at radius 1 is 0.944 bits per heavy atom. The number of hydrogen-bond donors (Lipinski definition) is 2. The molecule has 1 fully saturated rings. The Kier molecular flexibility index (Phi) is 8.11. The van der Waals surface area contributed by atoms with Crippen LogP contribution < -0.4 is 5.32 Å². The second kappa shape index (κ2) is 11.4. The molecule has 5 rings (SSSR count). The van der Waals surface area contributed by atoms with Crippen LogP contribution in [0.5, 0.6) is 0 Å². The van der Waals surface area contributed by atoms with Crippen molar-refractivity contribution in [3.05, 3.63) is 106 Å². The zero-order valence-corrected chi connectivity index (χ0v) is 21.7. The minimum absolute atomic E-state index is 0.0425. The summed E-state index contributed by atoms with van der Waals surface area (Å²) >= 11 is 6.17. The predicted octanol–water partition coefficient (Wildman–Crippen LogP) is 6.91. The molecular formula is C30H32ClN3O2. The van der Waals surface area contributed by atoms with Gasteiger partial charge >= 0.3 is 0 Å². The van der Waals surface area contributed by atoms with E-state index in [1.54, 1.807) is 18.2 Å². The van der Waals surface area contributed by atoms with E-state index in [1.165, 1.54) is 0 Å². The third-order valence-corrected chi connectivity index (χ3v) is 6.67. The molecule has 2 N–H and O–H groups in total. The smallest absolute Gasteiger partial charge is 0.254 e. The summed E-state index contributed by atoms with van der Waals surface area (Å²) in [5, 5.41) is 4.82. The number of aromatic nitrogens is 1. The molecule has 186 valence electrons. The monoisotopic (exact) mass is 501 g/mol. The molecule has 1 aromatic heterocycles. The van der Waals surface area contributed by atoms with Crippen LogP contribution in [0.3, 0.4) is 0 Å². The first-order chi connectivity index (χ1) is 17.5. The number of nitrogens with one attached hydrogen (secondary N) is 2. The normalized spacial score (nSPS) is 13.7. The fraction of sp³-hybridized carbons (Fsp3) is 0.267. The molecule has 4 aromatic rings. The van der Waals surface area contributed by atoms with E-state index in [4.69, 9.17) is 11.6 Å². The van der Waals surface area contributed by atoms with Gasteiger partial charge in [0.2, 0.25) is 0 Å². The van der Waals surface area contributed by atoms with Gasteiger partial charge in [-0.05, 0) is 73.4 Å². The topological polar surface area (TPSA) is 65.2 Å². The van der Waals surface area contributed by atoms with Crippen molar-refractivity contribution in [2.45, 2.75) is 39.7 Å². The largest absolute Gasteiger partial charge is 0.356 e. The van der Waals surface area contributed by atoms with Crippen molar-refractivity contribution in [3.63, 3.8) is 0 Å². The van der Waals surface area contributed by atoms with Crippen LogP contribution >= 0.6 is 11.6 Å². The van der Waals surface area contributed by atoms with Crippen LogP contribution in [0.2, 0.25) is 5.02 Å². The summed E-state index contributed by atoms with van der Waals surface area (Å²) in [7, 11) is 0. The highest BCUT2D eigenvalue weighted by Crippen LogP contribution is 2.28. The Morgan fingerprint density at radius 3 is 2.36 bits per heavy atom. The SMILES string of the molecule is CC.Cc1cc(C(=O)NC(c2ccccc2)c2cc3cc(Cl)ccc3[nH]2)ccc1C(=O)N1CCCC1. The predicted molar refractivity (Wildman–Crippen MR) is 147 cm³/mol. The van der Waals surface area contributed by atoms with Gasteiger partial charge < -0.3 is 15.2 Å². The molecule has 0 radical (unpaired) electrons. The van der Waals surface area contributed by atoms with E-state index in [0.29, 0.717) is 16.1 Å². The van der Waals surface area contributed by atoms with Crippen LogP contribution in [0.4, 0.5) is 0 Å². The molecule has 1 atom stereocenters. The fourth-order valence-corrected chi connectivity index (χ4v) is 4.80. The number of H-pyrrole nitrogens is 1. The summed E-state index contributed by atoms with van der Waals surface area (Å²) < 4.78 is 0. The standard InChI is InChI=1S/C28H26ClN3O2.C2H6/c1-18-15-20(9-11-23(18)28(34)32-13-5-6-14-32)27(33)31-26(19-7-3-2-4-8-19)25-17-21-16-22(29)10-12-24(21)30-25;1-2/h2-4,7-12,15-17,26,30H,5-6,13-14H2,1H3,(H,31,33);1-2H3. The number of aryl methyl sites for hydroxylation is 1. The Hall–Kier alpha value is -3.57. The summed E-state index contributed by atoms with van der Waals surface area (Å²) in [4.78, 5) is 31.4. The van der Waals surface area contributed by atoms with Gasteiger partial charge in [0.05, 0.1) is 6.04 Å². The number of carbonyl (C=O) groups excluding carboxylic acids is 2. The van der Waals surface area contributed by atoms with Gasteiger partial charge in [-0.1, -0.05) is 55.8 Å². The molecule has 36 heavy (non-hydrogen) atoms. The van der Waals surface area contributed by atoms with E-state index in [-0.39, 0.29) is 17.9 Å². The second-order valence-electron chi connectivity index (χ2n) is 8.80. The maximum Gasteiger partial charge on any atom is 0.254 e. The summed E-state index contributed by atoms with van der Waals surface area (Å²) in [5.74, 6) is -0.158. The lowest BCUT2D eigenvalue weighted by atomic mass is 10.0. The van der Waals surface area contributed by atoms with Crippen molar-refractivity contribution in [2.24, 2.45) is 0 Å². The third kappa shape index (κ3) is 5.47. The quantitative estimate of drug-likeness (QED) is 0.312. The fourth-order valence-electron chi connectivity index (χ4n) is 4.62. The molecule has 3 aromatic carbocycles. The lowest BCUT2D eigenvalue weighted by Crippen LogP contribution is -2.30. The molecule has 1 saturated heterocycles. The molecule has 0 saturated carbocycles. The molecular weight excluding hydrogens is 470 g/mol. The zero-order chi connectivity index (χ0) is 25.7. The average molecular weight is 502 g/mol. The Morgan fingerprint density at radius 2 is 1.67 bits per heavy atom. The van der Waals surface area contributed by atoms with Crippen molar-refractivity contribution in [1.29, 1.82) is 0 Å². The highest BCUT2D eigenvalue weighted by molar-refractivity contribution is 6.31. The van der Waals surface area contributed by atoms with E-state index in [2.05, 4.69) is 10.3 Å². The number of benzene rings is 3. The molecule has 2 amide bonds. The molecule has 1 unspecified atom stereocenters. The number of likely N-dealkylation sites (tertiary alicyclic amines) is 1. The number of hydrogen-bond acceptors (Lipinski definition) is 2. The maximum absolute atomic E-state index is 13.3. The summed E-state index contributed by atoms with van der Waals surface area (Å²) in [5.41, 5.74) is 4.78. The van der Waals surface area contributed by atoms with Gasteiger partial charge in [0, 0.05) is 45.8 Å². The van der Waals surface area contributed by atoms with Gasteiger partial charge in [-0.15, -0.1) is 0 Å². The van der Waals surface area contributed by atoms with E-state index >= 15 is 0 Å². The molecule has 2 heterocycles. The van der Waals surface area contributed by atoms with Crippen LogP contribution in [0.25, 0.3) is 10.9 Å². The van der Waals surface area contributed by atoms with E-state index in [1.807, 2.05) is 80.3 Å². The number of nitrogens with zero attached hydrogens (tertiary/aromatic N) is 1. The molecule has 5 nitrogen and oxygen atoms in total. The summed E-state index contributed by atoms with van der Waals surface area (Å²) in [6.07, 6.45) is 2.10. The van der Waals surface area contributed by atoms with Crippen LogP contribution in [0.1, 0.15) is 70.3 Å². The van der Waals surface area contributed by atoms with Crippen molar-refractivity contribution in [3.8, 4) is 0 Å². The van der Waals surface area contributed by atoms with Crippen LogP contribution in [-0.2, 0) is 0 Å². The van der Waals surface area contributed by atoms with Crippen molar-refractivity contribution < 1.29 is 9.59 Å². The first-order valence-electron chi connectivity index (χ1n) is 12.5. The van der Waals surface area contributed by atoms with Crippen molar-refractivity contribution in [1.82, 2.24) is 15.2 Å². The van der Waals surface area contributed by atoms with E-state index in [9.17, 15) is 9.59 Å². The number of fused-ring (bicyclic) bond motifs is 1. The Balaban J connectivity index is 0.00000148. The van der Waals surface area contributed by atoms with Gasteiger partial charge in [0.1, 0.15) is 0 Å². The number of aromatic amines is 1.